The number of fused-ring (bicyclic) bond motifs is 1. The first-order valence-electron chi connectivity index (χ1n) is 7.34. The number of rotatable bonds is 3. The first-order chi connectivity index (χ1) is 9.95. The molecule has 1 heterocycles. The maximum absolute atomic E-state index is 12.4. The summed E-state index contributed by atoms with van der Waals surface area (Å²) in [7, 11) is -3.33. The summed E-state index contributed by atoms with van der Waals surface area (Å²) in [5, 5.41) is 2.87. The highest BCUT2D eigenvalue weighted by Gasteiger charge is 2.36. The van der Waals surface area contributed by atoms with Crippen LogP contribution in [0.15, 0.2) is 18.2 Å². The van der Waals surface area contributed by atoms with Crippen molar-refractivity contribution >= 4 is 21.6 Å². The number of carbonyl (C=O) groups is 1. The smallest absolute Gasteiger partial charge is 0.242 e. The quantitative estimate of drug-likeness (QED) is 0.921. The summed E-state index contributed by atoms with van der Waals surface area (Å²) in [5.41, 5.74) is 3.41. The lowest BCUT2D eigenvalue weighted by Gasteiger charge is -2.21. The zero-order chi connectivity index (χ0) is 15.0. The molecule has 0 spiro atoms. The lowest BCUT2D eigenvalue weighted by molar-refractivity contribution is -0.119. The highest BCUT2D eigenvalue weighted by molar-refractivity contribution is 7.88. The molecule has 1 aromatic carbocycles. The van der Waals surface area contributed by atoms with E-state index in [4.69, 9.17) is 0 Å². The minimum atomic E-state index is -3.33. The van der Waals surface area contributed by atoms with E-state index < -0.39 is 16.1 Å². The van der Waals surface area contributed by atoms with Gasteiger partial charge in [-0.25, -0.2) is 8.42 Å². The van der Waals surface area contributed by atoms with Gasteiger partial charge in [0, 0.05) is 12.2 Å². The van der Waals surface area contributed by atoms with Gasteiger partial charge >= 0.3 is 0 Å². The maximum Gasteiger partial charge on any atom is 0.242 e. The molecule has 0 bridgehead atoms. The average Bonchev–Trinajstić information content (AvgIpc) is 3.06. The molecule has 0 saturated carbocycles. The van der Waals surface area contributed by atoms with Gasteiger partial charge in [0.15, 0.2) is 0 Å². The van der Waals surface area contributed by atoms with Crippen molar-refractivity contribution in [2.75, 3.05) is 18.1 Å². The fourth-order valence-corrected chi connectivity index (χ4v) is 4.40. The Kier molecular flexibility index (Phi) is 3.75. The molecule has 0 unspecified atom stereocenters. The van der Waals surface area contributed by atoms with Crippen molar-refractivity contribution in [2.24, 2.45) is 0 Å². The topological polar surface area (TPSA) is 66.5 Å². The zero-order valence-electron chi connectivity index (χ0n) is 12.1. The van der Waals surface area contributed by atoms with Gasteiger partial charge in [0.1, 0.15) is 6.04 Å². The van der Waals surface area contributed by atoms with Crippen LogP contribution in [-0.4, -0.2) is 37.5 Å². The molecule has 114 valence electrons. The molecule has 3 rings (SSSR count). The van der Waals surface area contributed by atoms with Crippen molar-refractivity contribution in [3.8, 4) is 0 Å². The second kappa shape index (κ2) is 5.42. The number of nitrogens with zero attached hydrogens (tertiary/aromatic N) is 1. The SMILES string of the molecule is CS(=O)(=O)N1CCC[C@@H]1C(=O)Nc1ccc2c(c1)CCC2. The predicted octanol–water partition coefficient (Wildman–Crippen LogP) is 1.54. The van der Waals surface area contributed by atoms with Gasteiger partial charge in [-0.15, -0.1) is 0 Å². The number of hydrogen-bond acceptors (Lipinski definition) is 3. The van der Waals surface area contributed by atoms with E-state index in [1.54, 1.807) is 0 Å². The standard InChI is InChI=1S/C15H20N2O3S/c1-21(19,20)17-9-3-6-14(17)15(18)16-13-8-7-11-4-2-5-12(11)10-13/h7-8,10,14H,2-6,9H2,1H3,(H,16,18)/t14-/m1/s1. The van der Waals surface area contributed by atoms with Crippen molar-refractivity contribution < 1.29 is 13.2 Å². The number of aryl methyl sites for hydroxylation is 2. The van der Waals surface area contributed by atoms with E-state index in [1.807, 2.05) is 12.1 Å². The lowest BCUT2D eigenvalue weighted by atomic mass is 10.1. The Morgan fingerprint density at radius 3 is 2.76 bits per heavy atom. The molecule has 5 nitrogen and oxygen atoms in total. The summed E-state index contributed by atoms with van der Waals surface area (Å²) < 4.78 is 24.7. The van der Waals surface area contributed by atoms with Crippen molar-refractivity contribution in [3.63, 3.8) is 0 Å². The van der Waals surface area contributed by atoms with Gasteiger partial charge in [-0.3, -0.25) is 4.79 Å². The van der Waals surface area contributed by atoms with Gasteiger partial charge in [0.2, 0.25) is 15.9 Å². The van der Waals surface area contributed by atoms with Crippen molar-refractivity contribution in [1.29, 1.82) is 0 Å². The number of anilines is 1. The molecule has 1 amide bonds. The number of sulfonamides is 1. The van der Waals surface area contributed by atoms with E-state index in [9.17, 15) is 13.2 Å². The lowest BCUT2D eigenvalue weighted by Crippen LogP contribution is -2.42. The van der Waals surface area contributed by atoms with Gasteiger partial charge < -0.3 is 5.32 Å². The van der Waals surface area contributed by atoms with Crippen LogP contribution in [-0.2, 0) is 27.7 Å². The summed E-state index contributed by atoms with van der Waals surface area (Å²) in [6.07, 6.45) is 5.80. The Morgan fingerprint density at radius 2 is 2.00 bits per heavy atom. The molecule has 1 fully saturated rings. The maximum atomic E-state index is 12.4. The molecule has 0 aromatic heterocycles. The van der Waals surface area contributed by atoms with Crippen LogP contribution in [0.5, 0.6) is 0 Å². The number of nitrogens with one attached hydrogen (secondary N) is 1. The van der Waals surface area contributed by atoms with Crippen LogP contribution in [0, 0.1) is 0 Å². The molecule has 1 aliphatic heterocycles. The van der Waals surface area contributed by atoms with E-state index in [0.717, 1.165) is 37.6 Å². The minimum Gasteiger partial charge on any atom is -0.325 e. The molecule has 21 heavy (non-hydrogen) atoms. The number of carbonyl (C=O) groups excluding carboxylic acids is 1. The minimum absolute atomic E-state index is 0.226. The molecular weight excluding hydrogens is 288 g/mol. The fourth-order valence-electron chi connectivity index (χ4n) is 3.27. The van der Waals surface area contributed by atoms with Gasteiger partial charge in [0.05, 0.1) is 6.26 Å². The summed E-state index contributed by atoms with van der Waals surface area (Å²) >= 11 is 0. The van der Waals surface area contributed by atoms with Crippen LogP contribution in [0.4, 0.5) is 5.69 Å². The first-order valence-corrected chi connectivity index (χ1v) is 9.19. The van der Waals surface area contributed by atoms with E-state index in [0.29, 0.717) is 13.0 Å². The number of hydrogen-bond donors (Lipinski definition) is 1. The average molecular weight is 308 g/mol. The third kappa shape index (κ3) is 2.96. The highest BCUT2D eigenvalue weighted by atomic mass is 32.2. The van der Waals surface area contributed by atoms with Gasteiger partial charge in [-0.2, -0.15) is 4.31 Å². The third-order valence-corrected chi connectivity index (χ3v) is 5.59. The molecule has 1 aliphatic carbocycles. The monoisotopic (exact) mass is 308 g/mol. The van der Waals surface area contributed by atoms with Gasteiger partial charge in [-0.05, 0) is 55.4 Å². The molecule has 2 aliphatic rings. The fraction of sp³-hybridized carbons (Fsp3) is 0.533. The molecule has 6 heteroatoms. The Labute approximate surface area is 125 Å². The highest BCUT2D eigenvalue weighted by Crippen LogP contribution is 2.26. The largest absolute Gasteiger partial charge is 0.325 e. The van der Waals surface area contributed by atoms with Gasteiger partial charge in [-0.1, -0.05) is 6.07 Å². The second-order valence-electron chi connectivity index (χ2n) is 5.86. The number of benzene rings is 1. The summed E-state index contributed by atoms with van der Waals surface area (Å²) in [4.78, 5) is 12.4. The Bertz CT molecular complexity index is 669. The van der Waals surface area contributed by atoms with Gasteiger partial charge in [0.25, 0.3) is 0 Å². The first kappa shape index (κ1) is 14.5. The Hall–Kier alpha value is -1.40. The molecular formula is C15H20N2O3S. The van der Waals surface area contributed by atoms with E-state index in [2.05, 4.69) is 11.4 Å². The van der Waals surface area contributed by atoms with Crippen molar-refractivity contribution in [1.82, 2.24) is 4.31 Å². The third-order valence-electron chi connectivity index (χ3n) is 4.30. The Morgan fingerprint density at radius 1 is 1.24 bits per heavy atom. The van der Waals surface area contributed by atoms with Crippen LogP contribution in [0.25, 0.3) is 0 Å². The predicted molar refractivity (Wildman–Crippen MR) is 81.7 cm³/mol. The van der Waals surface area contributed by atoms with Crippen LogP contribution >= 0.6 is 0 Å². The second-order valence-corrected chi connectivity index (χ2v) is 7.79. The van der Waals surface area contributed by atoms with Crippen LogP contribution < -0.4 is 5.32 Å². The molecule has 1 atom stereocenters. The molecule has 0 radical (unpaired) electrons. The summed E-state index contributed by atoms with van der Waals surface area (Å²) in [6.45, 7) is 0.432. The van der Waals surface area contributed by atoms with E-state index in [-0.39, 0.29) is 5.91 Å². The van der Waals surface area contributed by atoms with Crippen LogP contribution in [0.3, 0.4) is 0 Å². The summed E-state index contributed by atoms with van der Waals surface area (Å²) in [6, 6.07) is 5.40. The van der Waals surface area contributed by atoms with E-state index >= 15 is 0 Å². The van der Waals surface area contributed by atoms with Crippen molar-refractivity contribution in [3.05, 3.63) is 29.3 Å². The molecule has 1 N–H and O–H groups in total. The molecule has 1 saturated heterocycles. The zero-order valence-corrected chi connectivity index (χ0v) is 12.9. The van der Waals surface area contributed by atoms with Crippen molar-refractivity contribution in [2.45, 2.75) is 38.1 Å². The van der Waals surface area contributed by atoms with E-state index in [1.165, 1.54) is 15.4 Å². The molecule has 1 aromatic rings. The van der Waals surface area contributed by atoms with Crippen LogP contribution in [0.1, 0.15) is 30.4 Å². The Balaban J connectivity index is 1.74. The normalized spacial score (nSPS) is 22.2. The van der Waals surface area contributed by atoms with Crippen LogP contribution in [0.2, 0.25) is 0 Å². The summed E-state index contributed by atoms with van der Waals surface area (Å²) in [5.74, 6) is -0.226. The number of amides is 1.